The minimum atomic E-state index is -3.18. The number of anilines is 1. The fraction of sp³-hybridized carbons (Fsp3) is 0.650. The van der Waals surface area contributed by atoms with Gasteiger partial charge in [0.2, 0.25) is 5.91 Å². The van der Waals surface area contributed by atoms with Crippen molar-refractivity contribution in [1.82, 2.24) is 0 Å². The lowest BCUT2D eigenvalue weighted by Gasteiger charge is -2.31. The molecule has 148 valence electrons. The van der Waals surface area contributed by atoms with Crippen LogP contribution >= 0.6 is 0 Å². The summed E-state index contributed by atoms with van der Waals surface area (Å²) < 4.78 is 36.7. The van der Waals surface area contributed by atoms with Crippen molar-refractivity contribution >= 4 is 21.4 Å². The largest absolute Gasteiger partial charge is 0.448 e. The molecule has 3 aliphatic rings. The number of carbonyl (C=O) groups is 1. The second-order valence-electron chi connectivity index (χ2n) is 7.91. The summed E-state index contributed by atoms with van der Waals surface area (Å²) in [6.45, 7) is 0. The molecule has 27 heavy (non-hydrogen) atoms. The molecular weight excluding hydrogens is 366 g/mol. The van der Waals surface area contributed by atoms with Gasteiger partial charge in [-0.05, 0) is 37.8 Å². The second-order valence-corrected chi connectivity index (χ2v) is 10.3. The van der Waals surface area contributed by atoms with Crippen molar-refractivity contribution in [3.05, 3.63) is 18.2 Å². The third-order valence-corrected chi connectivity index (χ3v) is 8.12. The van der Waals surface area contributed by atoms with Gasteiger partial charge in [0.05, 0.1) is 11.0 Å². The SMILES string of the molecule is O=C(CCS(=O)(=O)C1CCCC1)Nc1ccc2c(c1)OC1(CCCCC1)O2. The maximum atomic E-state index is 12.3. The van der Waals surface area contributed by atoms with Crippen LogP contribution in [-0.2, 0) is 14.6 Å². The third kappa shape index (κ3) is 4.08. The average molecular weight is 394 g/mol. The summed E-state index contributed by atoms with van der Waals surface area (Å²) in [4.78, 5) is 12.2. The maximum Gasteiger partial charge on any atom is 0.251 e. The Labute approximate surface area is 160 Å². The number of nitrogens with one attached hydrogen (secondary N) is 1. The first-order valence-electron chi connectivity index (χ1n) is 9.99. The molecule has 1 aliphatic heterocycles. The smallest absolute Gasteiger partial charge is 0.251 e. The van der Waals surface area contributed by atoms with Crippen LogP contribution < -0.4 is 14.8 Å². The molecule has 0 aromatic heterocycles. The van der Waals surface area contributed by atoms with Crippen LogP contribution in [0.25, 0.3) is 0 Å². The Hall–Kier alpha value is -1.76. The van der Waals surface area contributed by atoms with Crippen LogP contribution in [0.5, 0.6) is 11.5 Å². The molecule has 2 fully saturated rings. The summed E-state index contributed by atoms with van der Waals surface area (Å²) in [5, 5.41) is 2.53. The first kappa shape index (κ1) is 18.6. The Morgan fingerprint density at radius 3 is 2.48 bits per heavy atom. The van der Waals surface area contributed by atoms with Gasteiger partial charge in [0.15, 0.2) is 21.3 Å². The zero-order valence-corrected chi connectivity index (χ0v) is 16.4. The Bertz CT molecular complexity index is 808. The van der Waals surface area contributed by atoms with E-state index in [-0.39, 0.29) is 23.3 Å². The highest BCUT2D eigenvalue weighted by molar-refractivity contribution is 7.92. The summed E-state index contributed by atoms with van der Waals surface area (Å²) in [5.41, 5.74) is 0.605. The number of rotatable bonds is 5. The van der Waals surface area contributed by atoms with E-state index in [0.717, 1.165) is 51.4 Å². The molecule has 4 rings (SSSR count). The van der Waals surface area contributed by atoms with Crippen molar-refractivity contribution < 1.29 is 22.7 Å². The first-order chi connectivity index (χ1) is 13.0. The highest BCUT2D eigenvalue weighted by Crippen LogP contribution is 2.46. The molecule has 0 atom stereocenters. The highest BCUT2D eigenvalue weighted by Gasteiger charge is 2.42. The molecule has 0 radical (unpaired) electrons. The molecule has 0 unspecified atom stereocenters. The molecule has 6 nitrogen and oxygen atoms in total. The molecule has 1 amide bonds. The minimum Gasteiger partial charge on any atom is -0.448 e. The monoisotopic (exact) mass is 393 g/mol. The predicted octanol–water partition coefficient (Wildman–Crippen LogP) is 3.80. The molecule has 0 saturated heterocycles. The van der Waals surface area contributed by atoms with Gasteiger partial charge < -0.3 is 14.8 Å². The Kier molecular flexibility index (Phi) is 5.05. The van der Waals surface area contributed by atoms with Gasteiger partial charge in [-0.2, -0.15) is 0 Å². The van der Waals surface area contributed by atoms with Crippen LogP contribution in [0.15, 0.2) is 18.2 Å². The van der Waals surface area contributed by atoms with Crippen LogP contribution in [0, 0.1) is 0 Å². The summed E-state index contributed by atoms with van der Waals surface area (Å²) in [5.74, 6) is 0.435. The average Bonchev–Trinajstić information content (AvgIpc) is 3.29. The predicted molar refractivity (Wildman–Crippen MR) is 103 cm³/mol. The number of amides is 1. The molecule has 1 aromatic carbocycles. The van der Waals surface area contributed by atoms with Crippen molar-refractivity contribution in [1.29, 1.82) is 0 Å². The molecule has 1 aromatic rings. The van der Waals surface area contributed by atoms with Crippen LogP contribution in [0.3, 0.4) is 0 Å². The van der Waals surface area contributed by atoms with Gasteiger partial charge in [0.1, 0.15) is 0 Å². The Balaban J connectivity index is 1.34. The van der Waals surface area contributed by atoms with E-state index >= 15 is 0 Å². The van der Waals surface area contributed by atoms with Gasteiger partial charge in [0, 0.05) is 31.0 Å². The minimum absolute atomic E-state index is 0.0167. The Morgan fingerprint density at radius 2 is 1.74 bits per heavy atom. The van der Waals surface area contributed by atoms with Gasteiger partial charge >= 0.3 is 0 Å². The molecule has 7 heteroatoms. The molecule has 1 heterocycles. The Morgan fingerprint density at radius 1 is 1.04 bits per heavy atom. The van der Waals surface area contributed by atoms with Gasteiger partial charge in [-0.1, -0.05) is 19.3 Å². The lowest BCUT2D eigenvalue weighted by molar-refractivity contribution is -0.115. The lowest BCUT2D eigenvalue weighted by Crippen LogP contribution is -2.40. The summed E-state index contributed by atoms with van der Waals surface area (Å²) in [7, 11) is -3.18. The second kappa shape index (κ2) is 7.34. The first-order valence-corrected chi connectivity index (χ1v) is 11.7. The normalized spacial score (nSPS) is 21.5. The molecule has 1 N–H and O–H groups in total. The van der Waals surface area contributed by atoms with Crippen molar-refractivity contribution in [3.63, 3.8) is 0 Å². The zero-order chi connectivity index (χ0) is 18.9. The topological polar surface area (TPSA) is 81.7 Å². The van der Waals surface area contributed by atoms with Crippen LogP contribution in [0.2, 0.25) is 0 Å². The summed E-state index contributed by atoms with van der Waals surface area (Å²) in [6.07, 6.45) is 8.52. The third-order valence-electron chi connectivity index (χ3n) is 5.86. The summed E-state index contributed by atoms with van der Waals surface area (Å²) in [6, 6.07) is 5.35. The fourth-order valence-electron chi connectivity index (χ4n) is 4.34. The van der Waals surface area contributed by atoms with E-state index < -0.39 is 15.6 Å². The number of hydrogen-bond acceptors (Lipinski definition) is 5. The van der Waals surface area contributed by atoms with E-state index in [1.54, 1.807) is 12.1 Å². The van der Waals surface area contributed by atoms with Crippen molar-refractivity contribution in [2.45, 2.75) is 75.2 Å². The van der Waals surface area contributed by atoms with Gasteiger partial charge in [-0.25, -0.2) is 8.42 Å². The molecule has 2 saturated carbocycles. The van der Waals surface area contributed by atoms with Crippen molar-refractivity contribution in [3.8, 4) is 11.5 Å². The van der Waals surface area contributed by atoms with Crippen LogP contribution in [0.1, 0.15) is 64.2 Å². The standard InChI is InChI=1S/C20H27NO5S/c22-19(10-13-27(23,24)16-6-2-3-7-16)21-15-8-9-17-18(14-15)26-20(25-17)11-4-1-5-12-20/h8-9,14,16H,1-7,10-13H2,(H,21,22). The highest BCUT2D eigenvalue weighted by atomic mass is 32.2. The molecule has 1 spiro atoms. The fourth-order valence-corrected chi connectivity index (χ4v) is 6.19. The van der Waals surface area contributed by atoms with E-state index in [1.165, 1.54) is 6.42 Å². The quantitative estimate of drug-likeness (QED) is 0.823. The number of ether oxygens (including phenoxy) is 2. The van der Waals surface area contributed by atoms with Crippen LogP contribution in [0.4, 0.5) is 5.69 Å². The molecular formula is C20H27NO5S. The maximum absolute atomic E-state index is 12.3. The van der Waals surface area contributed by atoms with Gasteiger partial charge in [-0.3, -0.25) is 4.79 Å². The van der Waals surface area contributed by atoms with E-state index in [1.807, 2.05) is 6.07 Å². The number of benzene rings is 1. The molecule has 0 bridgehead atoms. The van der Waals surface area contributed by atoms with Crippen LogP contribution in [-0.4, -0.2) is 31.1 Å². The zero-order valence-electron chi connectivity index (χ0n) is 15.5. The van der Waals surface area contributed by atoms with Crippen molar-refractivity contribution in [2.75, 3.05) is 11.1 Å². The van der Waals surface area contributed by atoms with E-state index in [0.29, 0.717) is 17.2 Å². The molecule has 2 aliphatic carbocycles. The number of hydrogen-bond donors (Lipinski definition) is 1. The van der Waals surface area contributed by atoms with Gasteiger partial charge in [-0.15, -0.1) is 0 Å². The van der Waals surface area contributed by atoms with Crippen molar-refractivity contribution in [2.24, 2.45) is 0 Å². The number of fused-ring (bicyclic) bond motifs is 1. The van der Waals surface area contributed by atoms with E-state index in [2.05, 4.69) is 5.32 Å². The van der Waals surface area contributed by atoms with E-state index in [9.17, 15) is 13.2 Å². The van der Waals surface area contributed by atoms with E-state index in [4.69, 9.17) is 9.47 Å². The lowest BCUT2D eigenvalue weighted by atomic mass is 9.94. The number of sulfone groups is 1. The number of carbonyl (C=O) groups excluding carboxylic acids is 1. The van der Waals surface area contributed by atoms with Gasteiger partial charge in [0.25, 0.3) is 5.79 Å². The summed E-state index contributed by atoms with van der Waals surface area (Å²) >= 11 is 0.